The lowest BCUT2D eigenvalue weighted by molar-refractivity contribution is -0.138. The lowest BCUT2D eigenvalue weighted by Crippen LogP contribution is -2.44. The maximum Gasteiger partial charge on any atom is 0.230 e. The van der Waals surface area contributed by atoms with Gasteiger partial charge < -0.3 is 20.9 Å². The molecular formula is C18H35N5O2. The molecule has 7 nitrogen and oxygen atoms in total. The van der Waals surface area contributed by atoms with E-state index in [1.807, 2.05) is 34.9 Å². The Balaban J connectivity index is 2.61. The first-order valence-electron chi connectivity index (χ1n) is 9.34. The third-order valence-electron chi connectivity index (χ3n) is 4.55. The van der Waals surface area contributed by atoms with Crippen LogP contribution < -0.4 is 16.0 Å². The van der Waals surface area contributed by atoms with Crippen molar-refractivity contribution >= 4 is 17.8 Å². The highest BCUT2D eigenvalue weighted by Crippen LogP contribution is 2.39. The van der Waals surface area contributed by atoms with E-state index in [9.17, 15) is 9.59 Å². The number of nitrogens with one attached hydrogen (secondary N) is 3. The first-order valence-corrected chi connectivity index (χ1v) is 9.34. The van der Waals surface area contributed by atoms with Gasteiger partial charge in [0.25, 0.3) is 0 Å². The van der Waals surface area contributed by atoms with Crippen molar-refractivity contribution in [2.24, 2.45) is 16.3 Å². The van der Waals surface area contributed by atoms with Crippen LogP contribution in [0.2, 0.25) is 0 Å². The molecule has 25 heavy (non-hydrogen) atoms. The van der Waals surface area contributed by atoms with Crippen LogP contribution in [-0.2, 0) is 9.59 Å². The standard InChI is InChI=1S/C18H35N5O2/c1-6-19-17(21-12-11-20-15(24)14(2)3)22-13-18(9-7-8-10-18)16(25)23(4)5/h14H,6-13H2,1-5H3,(H,20,24)(H2,19,21,22). The maximum absolute atomic E-state index is 12.6. The fraction of sp³-hybridized carbons (Fsp3) is 0.833. The van der Waals surface area contributed by atoms with E-state index in [2.05, 4.69) is 20.9 Å². The SMILES string of the molecule is CCNC(=NCC1(C(=O)N(C)C)CCCC1)NCCNC(=O)C(C)C. The van der Waals surface area contributed by atoms with Crippen LogP contribution in [0.25, 0.3) is 0 Å². The third-order valence-corrected chi connectivity index (χ3v) is 4.55. The van der Waals surface area contributed by atoms with Gasteiger partial charge in [0, 0.05) is 39.6 Å². The number of carbonyl (C=O) groups excluding carboxylic acids is 2. The maximum atomic E-state index is 12.6. The smallest absolute Gasteiger partial charge is 0.230 e. The van der Waals surface area contributed by atoms with Crippen molar-refractivity contribution in [1.82, 2.24) is 20.9 Å². The average Bonchev–Trinajstić information content (AvgIpc) is 3.05. The number of hydrogen-bond acceptors (Lipinski definition) is 3. The van der Waals surface area contributed by atoms with Crippen molar-refractivity contribution < 1.29 is 9.59 Å². The predicted molar refractivity (Wildman–Crippen MR) is 101 cm³/mol. The van der Waals surface area contributed by atoms with Gasteiger partial charge in [0.05, 0.1) is 12.0 Å². The van der Waals surface area contributed by atoms with Crippen LogP contribution in [0.1, 0.15) is 46.5 Å². The quantitative estimate of drug-likeness (QED) is 0.345. The van der Waals surface area contributed by atoms with Gasteiger partial charge >= 0.3 is 0 Å². The molecule has 2 amide bonds. The number of amides is 2. The molecule has 0 unspecified atom stereocenters. The van der Waals surface area contributed by atoms with Crippen LogP contribution in [0.3, 0.4) is 0 Å². The van der Waals surface area contributed by atoms with Crippen molar-refractivity contribution in [2.75, 3.05) is 40.3 Å². The summed E-state index contributed by atoms with van der Waals surface area (Å²) in [7, 11) is 3.62. The summed E-state index contributed by atoms with van der Waals surface area (Å²) in [6, 6.07) is 0. The number of nitrogens with zero attached hydrogens (tertiary/aromatic N) is 2. The summed E-state index contributed by atoms with van der Waals surface area (Å²) in [5, 5.41) is 9.30. The van der Waals surface area contributed by atoms with Crippen LogP contribution in [-0.4, -0.2) is 62.9 Å². The minimum absolute atomic E-state index is 0.0128. The van der Waals surface area contributed by atoms with Gasteiger partial charge in [0.2, 0.25) is 11.8 Å². The lowest BCUT2D eigenvalue weighted by atomic mass is 9.85. The Bertz CT molecular complexity index is 468. The normalized spacial score (nSPS) is 16.6. The molecule has 0 atom stereocenters. The molecule has 1 aliphatic rings. The van der Waals surface area contributed by atoms with Gasteiger partial charge in [-0.2, -0.15) is 0 Å². The average molecular weight is 354 g/mol. The number of aliphatic imine (C=N–C) groups is 1. The molecule has 144 valence electrons. The second kappa shape index (κ2) is 10.3. The zero-order valence-electron chi connectivity index (χ0n) is 16.4. The van der Waals surface area contributed by atoms with Crippen LogP contribution in [0.4, 0.5) is 0 Å². The Morgan fingerprint density at radius 1 is 1.08 bits per heavy atom. The minimum atomic E-state index is -0.363. The van der Waals surface area contributed by atoms with Gasteiger partial charge in [-0.25, -0.2) is 0 Å². The molecule has 7 heteroatoms. The Kier molecular flexibility index (Phi) is 8.72. The van der Waals surface area contributed by atoms with Crippen molar-refractivity contribution in [2.45, 2.75) is 46.5 Å². The van der Waals surface area contributed by atoms with Crippen molar-refractivity contribution in [1.29, 1.82) is 0 Å². The van der Waals surface area contributed by atoms with Crippen molar-refractivity contribution in [3.63, 3.8) is 0 Å². The van der Waals surface area contributed by atoms with E-state index >= 15 is 0 Å². The molecule has 0 aromatic rings. The monoisotopic (exact) mass is 353 g/mol. The summed E-state index contributed by atoms with van der Waals surface area (Å²) in [5.74, 6) is 0.902. The number of guanidine groups is 1. The molecule has 0 bridgehead atoms. The largest absolute Gasteiger partial charge is 0.357 e. The molecule has 0 saturated heterocycles. The summed E-state index contributed by atoms with van der Waals surface area (Å²) in [6.07, 6.45) is 3.97. The van der Waals surface area contributed by atoms with Gasteiger partial charge in [0.15, 0.2) is 5.96 Å². The molecule has 3 N–H and O–H groups in total. The van der Waals surface area contributed by atoms with Gasteiger partial charge in [-0.05, 0) is 19.8 Å². The van der Waals surface area contributed by atoms with Gasteiger partial charge in [-0.15, -0.1) is 0 Å². The molecule has 1 saturated carbocycles. The zero-order valence-corrected chi connectivity index (χ0v) is 16.4. The van der Waals surface area contributed by atoms with Gasteiger partial charge in [-0.3, -0.25) is 14.6 Å². The highest BCUT2D eigenvalue weighted by Gasteiger charge is 2.41. The molecule has 1 rings (SSSR count). The number of carbonyl (C=O) groups is 2. The van der Waals surface area contributed by atoms with Gasteiger partial charge in [0.1, 0.15) is 0 Å². The van der Waals surface area contributed by atoms with Gasteiger partial charge in [-0.1, -0.05) is 26.7 Å². The molecule has 0 spiro atoms. The summed E-state index contributed by atoms with van der Waals surface area (Å²) < 4.78 is 0. The molecule has 0 radical (unpaired) electrons. The molecule has 0 aromatic heterocycles. The summed E-state index contributed by atoms with van der Waals surface area (Å²) in [4.78, 5) is 30.5. The Hall–Kier alpha value is -1.79. The highest BCUT2D eigenvalue weighted by molar-refractivity contribution is 5.84. The molecule has 1 fully saturated rings. The molecule has 1 aliphatic carbocycles. The fourth-order valence-corrected chi connectivity index (χ4v) is 3.11. The third kappa shape index (κ3) is 6.55. The Morgan fingerprint density at radius 2 is 1.68 bits per heavy atom. The van der Waals surface area contributed by atoms with Crippen LogP contribution in [0.5, 0.6) is 0 Å². The van der Waals surface area contributed by atoms with E-state index in [1.54, 1.807) is 4.90 Å². The molecule has 0 heterocycles. The first-order chi connectivity index (χ1) is 11.8. The van der Waals surface area contributed by atoms with Crippen molar-refractivity contribution in [3.05, 3.63) is 0 Å². The first kappa shape index (κ1) is 21.3. The van der Waals surface area contributed by atoms with Crippen LogP contribution >= 0.6 is 0 Å². The Labute approximate surface area is 152 Å². The van der Waals surface area contributed by atoms with E-state index in [4.69, 9.17) is 0 Å². The van der Waals surface area contributed by atoms with Crippen molar-refractivity contribution in [3.8, 4) is 0 Å². The second-order valence-corrected chi connectivity index (χ2v) is 7.25. The van der Waals surface area contributed by atoms with E-state index < -0.39 is 0 Å². The van der Waals surface area contributed by atoms with Crippen LogP contribution in [0, 0.1) is 11.3 Å². The number of hydrogen-bond donors (Lipinski definition) is 3. The molecule has 0 aromatic carbocycles. The molecule has 0 aliphatic heterocycles. The zero-order chi connectivity index (χ0) is 18.9. The second-order valence-electron chi connectivity index (χ2n) is 7.25. The van der Waals surface area contributed by atoms with E-state index in [0.717, 1.165) is 32.2 Å². The number of rotatable bonds is 8. The Morgan fingerprint density at radius 3 is 2.20 bits per heavy atom. The highest BCUT2D eigenvalue weighted by atomic mass is 16.2. The lowest BCUT2D eigenvalue weighted by Gasteiger charge is -2.29. The molecular weight excluding hydrogens is 318 g/mol. The fourth-order valence-electron chi connectivity index (χ4n) is 3.11. The van der Waals surface area contributed by atoms with Crippen LogP contribution in [0.15, 0.2) is 4.99 Å². The summed E-state index contributed by atoms with van der Waals surface area (Å²) >= 11 is 0. The summed E-state index contributed by atoms with van der Waals surface area (Å²) in [6.45, 7) is 8.14. The minimum Gasteiger partial charge on any atom is -0.357 e. The van der Waals surface area contributed by atoms with E-state index in [0.29, 0.717) is 25.6 Å². The van der Waals surface area contributed by atoms with E-state index in [-0.39, 0.29) is 23.1 Å². The predicted octanol–water partition coefficient (Wildman–Crippen LogP) is 0.962. The van der Waals surface area contributed by atoms with E-state index in [1.165, 1.54) is 0 Å². The topological polar surface area (TPSA) is 85.8 Å². The summed E-state index contributed by atoms with van der Waals surface area (Å²) in [5.41, 5.74) is -0.363.